The number of carbonyl (C=O) groups is 2. The fourth-order valence-corrected chi connectivity index (χ4v) is 6.08. The topological polar surface area (TPSA) is 96.3 Å². The van der Waals surface area contributed by atoms with Crippen molar-refractivity contribution in [2.24, 2.45) is 17.8 Å². The second kappa shape index (κ2) is 11.1. The summed E-state index contributed by atoms with van der Waals surface area (Å²) in [4.78, 5) is 27.8. The lowest BCUT2D eigenvalue weighted by Crippen LogP contribution is -2.46. The van der Waals surface area contributed by atoms with Gasteiger partial charge in [0.2, 0.25) is 11.8 Å². The molecule has 2 saturated heterocycles. The van der Waals surface area contributed by atoms with E-state index in [-0.39, 0.29) is 35.5 Å². The molecule has 3 aliphatic rings. The van der Waals surface area contributed by atoms with E-state index in [1.54, 1.807) is 19.2 Å². The van der Waals surface area contributed by atoms with E-state index in [1.165, 1.54) is 4.90 Å². The molecule has 0 radical (unpaired) electrons. The SMILES string of the molecule is CCCN1C(=O)[C@@H]2[C@@H](CC(COC)=C3[C@@H](CC/C(=C/c4ccccc4O)CC)OB(O)C[C@@H]32)C1=O. The number of nitrogens with zero attached hydrogens (tertiary/aromatic N) is 1. The van der Waals surface area contributed by atoms with Crippen LogP contribution in [-0.2, 0) is 19.0 Å². The number of ether oxygens (including phenoxy) is 1. The van der Waals surface area contributed by atoms with E-state index >= 15 is 0 Å². The molecule has 7 nitrogen and oxygen atoms in total. The number of carbonyl (C=O) groups excluding carboxylic acids is 2. The fourth-order valence-electron chi connectivity index (χ4n) is 6.08. The minimum absolute atomic E-state index is 0.0918. The molecule has 0 saturated carbocycles. The smallest absolute Gasteiger partial charge is 0.455 e. The largest absolute Gasteiger partial charge is 0.507 e. The van der Waals surface area contributed by atoms with Crippen LogP contribution in [0.15, 0.2) is 41.0 Å². The van der Waals surface area contributed by atoms with E-state index in [1.807, 2.05) is 25.1 Å². The van der Waals surface area contributed by atoms with Gasteiger partial charge in [-0.2, -0.15) is 0 Å². The number of aromatic hydroxyl groups is 1. The summed E-state index contributed by atoms with van der Waals surface area (Å²) in [5.41, 5.74) is 4.00. The van der Waals surface area contributed by atoms with Crippen LogP contribution < -0.4 is 0 Å². The Labute approximate surface area is 207 Å². The summed E-state index contributed by atoms with van der Waals surface area (Å²) in [7, 11) is 0.656. The number of hydrogen-bond donors (Lipinski definition) is 2. The minimum Gasteiger partial charge on any atom is -0.507 e. The molecule has 0 aromatic heterocycles. The van der Waals surface area contributed by atoms with Gasteiger partial charge in [-0.25, -0.2) is 0 Å². The maximum absolute atomic E-state index is 13.3. The second-order valence-corrected chi connectivity index (χ2v) is 9.83. The molecular formula is C27H36BNO6. The molecule has 2 N–H and O–H groups in total. The van der Waals surface area contributed by atoms with Gasteiger partial charge in [-0.3, -0.25) is 14.5 Å². The number of phenols is 1. The molecule has 2 amide bonds. The molecule has 2 fully saturated rings. The van der Waals surface area contributed by atoms with Gasteiger partial charge < -0.3 is 19.5 Å². The summed E-state index contributed by atoms with van der Waals surface area (Å²) in [6, 6.07) is 7.25. The van der Waals surface area contributed by atoms with Crippen molar-refractivity contribution in [2.75, 3.05) is 20.3 Å². The van der Waals surface area contributed by atoms with Crippen LogP contribution in [0.5, 0.6) is 5.75 Å². The number of rotatable bonds is 9. The number of methoxy groups -OCH3 is 1. The zero-order valence-corrected chi connectivity index (χ0v) is 20.9. The summed E-state index contributed by atoms with van der Waals surface area (Å²) in [6.45, 7) is 4.86. The minimum atomic E-state index is -0.980. The predicted octanol–water partition coefficient (Wildman–Crippen LogP) is 3.82. The van der Waals surface area contributed by atoms with Gasteiger partial charge in [-0.15, -0.1) is 0 Å². The first-order valence-corrected chi connectivity index (χ1v) is 12.8. The predicted molar refractivity (Wildman–Crippen MR) is 134 cm³/mol. The standard InChI is InChI=1S/C27H36BNO6/c1-4-12-29-26(31)20-14-19(16-34-3)24-21(25(20)27(29)32)15-28(33)35-23(24)11-10-17(5-2)13-18-8-6-7-9-22(18)30/h6-9,13,20-21,23,25,30,33H,4-5,10-12,14-16H2,1-3H3/b17-13+/t20-,21+,23-,25-/m1/s1. The monoisotopic (exact) mass is 481 g/mol. The van der Waals surface area contributed by atoms with Gasteiger partial charge in [0.15, 0.2) is 0 Å². The van der Waals surface area contributed by atoms with Crippen molar-refractivity contribution in [1.82, 2.24) is 4.90 Å². The lowest BCUT2D eigenvalue weighted by Gasteiger charge is -2.43. The average molecular weight is 481 g/mol. The number of allylic oxidation sites excluding steroid dienone is 1. The van der Waals surface area contributed by atoms with Crippen molar-refractivity contribution in [3.05, 3.63) is 46.5 Å². The van der Waals surface area contributed by atoms with Crippen LogP contribution in [0.25, 0.3) is 6.08 Å². The number of amides is 2. The van der Waals surface area contributed by atoms with E-state index in [0.717, 1.165) is 41.5 Å². The van der Waals surface area contributed by atoms with Crippen LogP contribution >= 0.6 is 0 Å². The Morgan fingerprint density at radius 2 is 2.00 bits per heavy atom. The molecule has 4 atom stereocenters. The second-order valence-electron chi connectivity index (χ2n) is 9.83. The van der Waals surface area contributed by atoms with Crippen molar-refractivity contribution in [3.8, 4) is 5.75 Å². The molecular weight excluding hydrogens is 445 g/mol. The Morgan fingerprint density at radius 3 is 2.69 bits per heavy atom. The van der Waals surface area contributed by atoms with Gasteiger partial charge in [-0.1, -0.05) is 43.7 Å². The zero-order valence-electron chi connectivity index (χ0n) is 20.9. The number of likely N-dealkylation sites (tertiary alicyclic amines) is 1. The van der Waals surface area contributed by atoms with E-state index in [9.17, 15) is 19.7 Å². The Morgan fingerprint density at radius 1 is 1.23 bits per heavy atom. The lowest BCUT2D eigenvalue weighted by atomic mass is 9.58. The fraction of sp³-hybridized carbons (Fsp3) is 0.556. The first kappa shape index (κ1) is 25.7. The molecule has 4 rings (SSSR count). The number of phenolic OH excluding ortho intramolecular Hbond substituents is 1. The van der Waals surface area contributed by atoms with E-state index in [2.05, 4.69) is 6.92 Å². The molecule has 1 aliphatic carbocycles. The van der Waals surface area contributed by atoms with Crippen LogP contribution in [-0.4, -0.2) is 60.3 Å². The summed E-state index contributed by atoms with van der Waals surface area (Å²) < 4.78 is 11.5. The Balaban J connectivity index is 1.62. The normalized spacial score (nSPS) is 26.9. The number of fused-ring (bicyclic) bond motifs is 3. The third-order valence-corrected chi connectivity index (χ3v) is 7.64. The summed E-state index contributed by atoms with van der Waals surface area (Å²) in [6.07, 6.45) is 5.38. The molecule has 0 bridgehead atoms. The molecule has 2 heterocycles. The number of benzene rings is 1. The molecule has 0 spiro atoms. The maximum Gasteiger partial charge on any atom is 0.455 e. The highest BCUT2D eigenvalue weighted by molar-refractivity contribution is 6.43. The first-order chi connectivity index (χ1) is 16.9. The average Bonchev–Trinajstić information content (AvgIpc) is 3.07. The summed E-state index contributed by atoms with van der Waals surface area (Å²) >= 11 is 0. The highest BCUT2D eigenvalue weighted by Crippen LogP contribution is 2.50. The van der Waals surface area contributed by atoms with Crippen molar-refractivity contribution in [2.45, 2.75) is 58.4 Å². The van der Waals surface area contributed by atoms with Crippen LogP contribution in [0.1, 0.15) is 51.5 Å². The molecule has 1 aromatic rings. The van der Waals surface area contributed by atoms with Crippen LogP contribution in [0.2, 0.25) is 6.32 Å². The molecule has 35 heavy (non-hydrogen) atoms. The van der Waals surface area contributed by atoms with Crippen molar-refractivity contribution in [1.29, 1.82) is 0 Å². The highest BCUT2D eigenvalue weighted by Gasteiger charge is 2.57. The highest BCUT2D eigenvalue weighted by atomic mass is 16.5. The Hall–Kier alpha value is -2.42. The van der Waals surface area contributed by atoms with Crippen LogP contribution in [0, 0.1) is 17.8 Å². The van der Waals surface area contributed by atoms with Gasteiger partial charge in [0.25, 0.3) is 0 Å². The Kier molecular flexibility index (Phi) is 8.14. The van der Waals surface area contributed by atoms with Gasteiger partial charge in [-0.05, 0) is 61.6 Å². The van der Waals surface area contributed by atoms with Gasteiger partial charge in [0.05, 0.1) is 24.5 Å². The number of para-hydroxylation sites is 1. The number of imide groups is 1. The van der Waals surface area contributed by atoms with E-state index in [0.29, 0.717) is 32.3 Å². The van der Waals surface area contributed by atoms with Crippen molar-refractivity contribution < 1.29 is 29.1 Å². The number of hydrogen-bond acceptors (Lipinski definition) is 6. The van der Waals surface area contributed by atoms with Crippen LogP contribution in [0.4, 0.5) is 0 Å². The molecule has 188 valence electrons. The third kappa shape index (κ3) is 5.11. The van der Waals surface area contributed by atoms with Crippen molar-refractivity contribution in [3.63, 3.8) is 0 Å². The first-order valence-electron chi connectivity index (χ1n) is 12.8. The van der Waals surface area contributed by atoms with Gasteiger partial charge in [0.1, 0.15) is 5.75 Å². The zero-order chi connectivity index (χ0) is 25.1. The third-order valence-electron chi connectivity index (χ3n) is 7.64. The van der Waals surface area contributed by atoms with Gasteiger partial charge in [0, 0.05) is 19.2 Å². The maximum atomic E-state index is 13.3. The Bertz CT molecular complexity index is 1020. The van der Waals surface area contributed by atoms with Crippen molar-refractivity contribution >= 4 is 25.0 Å². The lowest BCUT2D eigenvalue weighted by molar-refractivity contribution is -0.140. The summed E-state index contributed by atoms with van der Waals surface area (Å²) in [5, 5.41) is 20.8. The van der Waals surface area contributed by atoms with Gasteiger partial charge >= 0.3 is 7.12 Å². The molecule has 2 aliphatic heterocycles. The van der Waals surface area contributed by atoms with E-state index in [4.69, 9.17) is 9.39 Å². The summed E-state index contributed by atoms with van der Waals surface area (Å²) in [5.74, 6) is -1.00. The molecule has 8 heteroatoms. The molecule has 0 unspecified atom stereocenters. The van der Waals surface area contributed by atoms with E-state index < -0.39 is 13.0 Å². The molecule has 1 aromatic carbocycles. The van der Waals surface area contributed by atoms with Crippen LogP contribution in [0.3, 0.4) is 0 Å². The quantitative estimate of drug-likeness (QED) is 0.316.